The highest BCUT2D eigenvalue weighted by Gasteiger charge is 2.28. The molecule has 18 heavy (non-hydrogen) atoms. The molecule has 2 aromatic rings. The topological polar surface area (TPSA) is 12.0 Å². The Balaban J connectivity index is 1.73. The number of hydrogen-bond acceptors (Lipinski definition) is 2. The summed E-state index contributed by atoms with van der Waals surface area (Å²) in [6.45, 7) is 2.18. The number of nitrogens with one attached hydrogen (secondary N) is 1. The number of fused-ring (bicyclic) bond motifs is 1. The van der Waals surface area contributed by atoms with Gasteiger partial charge >= 0.3 is 0 Å². The number of rotatable bonds is 4. The molecule has 0 saturated carbocycles. The molecule has 0 radical (unpaired) electrons. The smallest absolute Gasteiger partial charge is 0.0418 e. The zero-order valence-electron chi connectivity index (χ0n) is 10.9. The van der Waals surface area contributed by atoms with Crippen LogP contribution in [0.3, 0.4) is 0 Å². The van der Waals surface area contributed by atoms with Gasteiger partial charge in [0.25, 0.3) is 0 Å². The van der Waals surface area contributed by atoms with Crippen molar-refractivity contribution >= 4 is 11.3 Å². The van der Waals surface area contributed by atoms with Crippen LogP contribution in [0.5, 0.6) is 0 Å². The maximum Gasteiger partial charge on any atom is 0.0418 e. The Labute approximate surface area is 113 Å². The summed E-state index contributed by atoms with van der Waals surface area (Å²) in [7, 11) is 2.07. The zero-order valence-corrected chi connectivity index (χ0v) is 11.8. The van der Waals surface area contributed by atoms with Crippen LogP contribution in [0.1, 0.15) is 39.3 Å². The Morgan fingerprint density at radius 2 is 2.11 bits per heavy atom. The monoisotopic (exact) mass is 257 g/mol. The van der Waals surface area contributed by atoms with Crippen molar-refractivity contribution in [2.45, 2.75) is 31.7 Å². The first-order chi connectivity index (χ1) is 8.78. The van der Waals surface area contributed by atoms with Crippen LogP contribution in [0.15, 0.2) is 36.4 Å². The molecule has 1 aliphatic carbocycles. The Morgan fingerprint density at radius 1 is 1.28 bits per heavy atom. The third kappa shape index (κ3) is 2.11. The molecular weight excluding hydrogens is 238 g/mol. The lowest BCUT2D eigenvalue weighted by Crippen LogP contribution is -2.24. The van der Waals surface area contributed by atoms with Crippen molar-refractivity contribution in [1.29, 1.82) is 0 Å². The molecule has 0 fully saturated rings. The molecule has 2 atom stereocenters. The minimum absolute atomic E-state index is 0.502. The average Bonchev–Trinajstić information content (AvgIpc) is 2.77. The van der Waals surface area contributed by atoms with Gasteiger partial charge in [0, 0.05) is 15.8 Å². The SMILES string of the molecule is CNC(CC1Cc2ccccc21)c1ccc(C)s1. The molecule has 3 rings (SSSR count). The quantitative estimate of drug-likeness (QED) is 0.871. The summed E-state index contributed by atoms with van der Waals surface area (Å²) in [5.41, 5.74) is 3.10. The molecule has 2 heteroatoms. The van der Waals surface area contributed by atoms with E-state index in [-0.39, 0.29) is 0 Å². The van der Waals surface area contributed by atoms with Crippen molar-refractivity contribution in [1.82, 2.24) is 5.32 Å². The predicted octanol–water partition coefficient (Wildman–Crippen LogP) is 4.05. The zero-order chi connectivity index (χ0) is 12.5. The number of benzene rings is 1. The molecule has 2 unspecified atom stereocenters. The van der Waals surface area contributed by atoms with Gasteiger partial charge in [0.05, 0.1) is 0 Å². The number of thiophene rings is 1. The first-order valence-electron chi connectivity index (χ1n) is 6.59. The lowest BCUT2D eigenvalue weighted by atomic mass is 9.74. The average molecular weight is 257 g/mol. The lowest BCUT2D eigenvalue weighted by Gasteiger charge is -2.32. The van der Waals surface area contributed by atoms with Crippen LogP contribution in [-0.4, -0.2) is 7.05 Å². The van der Waals surface area contributed by atoms with E-state index in [1.807, 2.05) is 11.3 Å². The Bertz CT molecular complexity index is 544. The van der Waals surface area contributed by atoms with Gasteiger partial charge in [-0.1, -0.05) is 24.3 Å². The van der Waals surface area contributed by atoms with E-state index in [4.69, 9.17) is 0 Å². The van der Waals surface area contributed by atoms with E-state index in [0.717, 1.165) is 5.92 Å². The van der Waals surface area contributed by atoms with E-state index in [1.54, 1.807) is 11.1 Å². The van der Waals surface area contributed by atoms with Gasteiger partial charge < -0.3 is 5.32 Å². The van der Waals surface area contributed by atoms with Crippen LogP contribution in [0, 0.1) is 6.92 Å². The highest BCUT2D eigenvalue weighted by atomic mass is 32.1. The summed E-state index contributed by atoms with van der Waals surface area (Å²) >= 11 is 1.92. The summed E-state index contributed by atoms with van der Waals surface area (Å²) in [6.07, 6.45) is 2.46. The van der Waals surface area contributed by atoms with E-state index < -0.39 is 0 Å². The van der Waals surface area contributed by atoms with Crippen LogP contribution >= 0.6 is 11.3 Å². The van der Waals surface area contributed by atoms with Crippen LogP contribution in [0.4, 0.5) is 0 Å². The van der Waals surface area contributed by atoms with Gasteiger partial charge in [0.1, 0.15) is 0 Å². The van der Waals surface area contributed by atoms with Gasteiger partial charge in [-0.3, -0.25) is 0 Å². The van der Waals surface area contributed by atoms with Gasteiger partial charge in [-0.05, 0) is 56.0 Å². The van der Waals surface area contributed by atoms with E-state index >= 15 is 0 Å². The van der Waals surface area contributed by atoms with Crippen molar-refractivity contribution in [3.8, 4) is 0 Å². The fourth-order valence-electron chi connectivity index (χ4n) is 2.87. The third-order valence-corrected chi connectivity index (χ3v) is 5.05. The highest BCUT2D eigenvalue weighted by molar-refractivity contribution is 7.12. The standard InChI is InChI=1S/C16H19NS/c1-11-7-8-16(18-11)15(17-2)10-13-9-12-5-3-4-6-14(12)13/h3-8,13,15,17H,9-10H2,1-2H3. The van der Waals surface area contributed by atoms with Crippen LogP contribution < -0.4 is 5.32 Å². The van der Waals surface area contributed by atoms with E-state index in [1.165, 1.54) is 22.6 Å². The van der Waals surface area contributed by atoms with Gasteiger partial charge in [-0.15, -0.1) is 11.3 Å². The van der Waals surface area contributed by atoms with Crippen molar-refractivity contribution in [2.24, 2.45) is 0 Å². The number of hydrogen-bond donors (Lipinski definition) is 1. The summed E-state index contributed by atoms with van der Waals surface area (Å²) in [6, 6.07) is 13.8. The molecule has 0 spiro atoms. The molecule has 1 nitrogen and oxygen atoms in total. The number of aryl methyl sites for hydroxylation is 1. The third-order valence-electron chi connectivity index (χ3n) is 3.93. The molecule has 0 bridgehead atoms. The normalized spacial score (nSPS) is 19.1. The van der Waals surface area contributed by atoms with Crippen molar-refractivity contribution in [3.05, 3.63) is 57.3 Å². The summed E-state index contributed by atoms with van der Waals surface area (Å²) in [4.78, 5) is 2.87. The summed E-state index contributed by atoms with van der Waals surface area (Å²) < 4.78 is 0. The first-order valence-corrected chi connectivity index (χ1v) is 7.41. The fraction of sp³-hybridized carbons (Fsp3) is 0.375. The second-order valence-electron chi connectivity index (χ2n) is 5.13. The van der Waals surface area contributed by atoms with Crippen LogP contribution in [-0.2, 0) is 6.42 Å². The van der Waals surface area contributed by atoms with E-state index in [2.05, 4.69) is 55.7 Å². The maximum atomic E-state index is 3.47. The highest BCUT2D eigenvalue weighted by Crippen LogP contribution is 2.41. The van der Waals surface area contributed by atoms with Crippen molar-refractivity contribution < 1.29 is 0 Å². The van der Waals surface area contributed by atoms with E-state index in [0.29, 0.717) is 6.04 Å². The molecule has 1 aromatic heterocycles. The second kappa shape index (κ2) is 4.87. The maximum absolute atomic E-state index is 3.47. The Hall–Kier alpha value is -1.12. The van der Waals surface area contributed by atoms with Gasteiger partial charge in [-0.2, -0.15) is 0 Å². The largest absolute Gasteiger partial charge is 0.312 e. The molecule has 0 saturated heterocycles. The molecule has 1 N–H and O–H groups in total. The Kier molecular flexibility index (Phi) is 3.23. The molecule has 1 aliphatic rings. The molecule has 1 aromatic carbocycles. The first kappa shape index (κ1) is 11.9. The Morgan fingerprint density at radius 3 is 2.78 bits per heavy atom. The molecule has 0 amide bonds. The molecule has 0 aliphatic heterocycles. The molecule has 94 valence electrons. The van der Waals surface area contributed by atoms with Gasteiger partial charge in [-0.25, -0.2) is 0 Å². The molecular formula is C16H19NS. The van der Waals surface area contributed by atoms with Crippen LogP contribution in [0.2, 0.25) is 0 Å². The van der Waals surface area contributed by atoms with Crippen LogP contribution in [0.25, 0.3) is 0 Å². The molecule has 1 heterocycles. The summed E-state index contributed by atoms with van der Waals surface area (Å²) in [5.74, 6) is 0.737. The lowest BCUT2D eigenvalue weighted by molar-refractivity contribution is 0.457. The van der Waals surface area contributed by atoms with Crippen molar-refractivity contribution in [2.75, 3.05) is 7.05 Å². The predicted molar refractivity (Wildman–Crippen MR) is 78.4 cm³/mol. The minimum atomic E-state index is 0.502. The van der Waals surface area contributed by atoms with Gasteiger partial charge in [0.15, 0.2) is 0 Å². The van der Waals surface area contributed by atoms with Gasteiger partial charge in [0.2, 0.25) is 0 Å². The minimum Gasteiger partial charge on any atom is -0.312 e. The van der Waals surface area contributed by atoms with E-state index in [9.17, 15) is 0 Å². The van der Waals surface area contributed by atoms with Crippen molar-refractivity contribution in [3.63, 3.8) is 0 Å². The second-order valence-corrected chi connectivity index (χ2v) is 6.44. The summed E-state index contributed by atoms with van der Waals surface area (Å²) in [5, 5.41) is 3.47. The fourth-order valence-corrected chi connectivity index (χ4v) is 3.87.